The van der Waals surface area contributed by atoms with Gasteiger partial charge in [0, 0.05) is 5.41 Å². The smallest absolute Gasteiger partial charge is 0.0633 e. The van der Waals surface area contributed by atoms with Crippen molar-refractivity contribution >= 4 is 0 Å². The highest BCUT2D eigenvalue weighted by Crippen LogP contribution is 2.62. The van der Waals surface area contributed by atoms with E-state index in [0.29, 0.717) is 17.3 Å². The zero-order valence-corrected chi connectivity index (χ0v) is 14.3. The van der Waals surface area contributed by atoms with Gasteiger partial charge in [-0.1, -0.05) is 37.6 Å². The first-order chi connectivity index (χ1) is 9.78. The van der Waals surface area contributed by atoms with Gasteiger partial charge in [-0.2, -0.15) is 0 Å². The third-order valence-electron chi connectivity index (χ3n) is 7.47. The first-order valence-electron chi connectivity index (χ1n) is 8.78. The van der Waals surface area contributed by atoms with Crippen LogP contribution in [0.5, 0.6) is 0 Å². The van der Waals surface area contributed by atoms with Crippen LogP contribution >= 0.6 is 0 Å². The first kappa shape index (κ1) is 15.3. The van der Waals surface area contributed by atoms with E-state index in [0.717, 1.165) is 12.3 Å². The van der Waals surface area contributed by atoms with Crippen LogP contribution in [0.15, 0.2) is 23.8 Å². The molecule has 6 atom stereocenters. The van der Waals surface area contributed by atoms with Crippen molar-refractivity contribution in [3.63, 3.8) is 0 Å². The molecule has 0 aromatic heterocycles. The molecule has 0 saturated heterocycles. The molecule has 2 saturated carbocycles. The molecule has 0 bridgehead atoms. The quantitative estimate of drug-likeness (QED) is 0.665. The largest absolute Gasteiger partial charge is 0.392 e. The van der Waals surface area contributed by atoms with E-state index in [4.69, 9.17) is 0 Å². The molecule has 21 heavy (non-hydrogen) atoms. The van der Waals surface area contributed by atoms with Crippen LogP contribution in [0.2, 0.25) is 0 Å². The normalized spacial score (nSPS) is 49.9. The van der Waals surface area contributed by atoms with Crippen LogP contribution in [-0.2, 0) is 0 Å². The molecule has 6 unspecified atom stereocenters. The number of aliphatic hydroxyl groups is 1. The van der Waals surface area contributed by atoms with Crippen LogP contribution in [0.3, 0.4) is 0 Å². The predicted molar refractivity (Wildman–Crippen MR) is 89.0 cm³/mol. The van der Waals surface area contributed by atoms with Crippen molar-refractivity contribution in [1.29, 1.82) is 0 Å². The topological polar surface area (TPSA) is 20.2 Å². The fourth-order valence-electron chi connectivity index (χ4n) is 5.88. The van der Waals surface area contributed by atoms with Crippen LogP contribution in [0.1, 0.15) is 66.2 Å². The van der Waals surface area contributed by atoms with Crippen LogP contribution in [0.25, 0.3) is 0 Å². The van der Waals surface area contributed by atoms with Crippen LogP contribution < -0.4 is 0 Å². The van der Waals surface area contributed by atoms with Crippen molar-refractivity contribution in [2.75, 3.05) is 0 Å². The lowest BCUT2D eigenvalue weighted by molar-refractivity contribution is -0.0129. The summed E-state index contributed by atoms with van der Waals surface area (Å²) in [5.41, 5.74) is 3.44. The molecule has 0 radical (unpaired) electrons. The highest BCUT2D eigenvalue weighted by Gasteiger charge is 2.54. The average Bonchev–Trinajstić information content (AvgIpc) is 2.69. The summed E-state index contributed by atoms with van der Waals surface area (Å²) < 4.78 is 0. The highest BCUT2D eigenvalue weighted by atomic mass is 16.3. The van der Waals surface area contributed by atoms with Crippen LogP contribution in [-0.4, -0.2) is 11.2 Å². The lowest BCUT2D eigenvalue weighted by Gasteiger charge is -2.45. The zero-order valence-electron chi connectivity index (χ0n) is 14.3. The molecule has 118 valence electrons. The molecule has 3 aliphatic carbocycles. The SMILES string of the molecule is C=C(C)C1CCC2(C)CC3C(C)=CCC(O)C3(C)CCC12. The van der Waals surface area contributed by atoms with Gasteiger partial charge >= 0.3 is 0 Å². The summed E-state index contributed by atoms with van der Waals surface area (Å²) in [5.74, 6) is 2.05. The Kier molecular flexibility index (Phi) is 3.64. The van der Waals surface area contributed by atoms with Crippen molar-refractivity contribution in [2.24, 2.45) is 28.6 Å². The zero-order chi connectivity index (χ0) is 15.4. The predicted octanol–water partition coefficient (Wildman–Crippen LogP) is 5.11. The molecular weight excluding hydrogens is 256 g/mol. The summed E-state index contributed by atoms with van der Waals surface area (Å²) in [6.07, 6.45) is 9.36. The summed E-state index contributed by atoms with van der Waals surface area (Å²) in [7, 11) is 0. The first-order valence-corrected chi connectivity index (χ1v) is 8.78. The maximum atomic E-state index is 10.7. The number of hydrogen-bond donors (Lipinski definition) is 1. The van der Waals surface area contributed by atoms with Gasteiger partial charge in [0.25, 0.3) is 0 Å². The Morgan fingerprint density at radius 3 is 2.67 bits per heavy atom. The standard InChI is InChI=1S/C20H32O/c1-13(2)15-8-10-19(4)12-17-14(3)6-7-18(21)20(17,5)11-9-16(15)19/h6,15-18,21H,1,7-12H2,2-5H3. The number of allylic oxidation sites excluding steroid dienone is 2. The molecule has 0 heterocycles. The van der Waals surface area contributed by atoms with Gasteiger partial charge in [-0.05, 0) is 75.5 Å². The van der Waals surface area contributed by atoms with E-state index in [2.05, 4.69) is 40.3 Å². The Labute approximate surface area is 130 Å². The second-order valence-electron chi connectivity index (χ2n) is 8.75. The second-order valence-corrected chi connectivity index (χ2v) is 8.75. The van der Waals surface area contributed by atoms with Crippen molar-refractivity contribution < 1.29 is 5.11 Å². The molecule has 0 spiro atoms. The molecule has 1 N–H and O–H groups in total. The van der Waals surface area contributed by atoms with Gasteiger partial charge in [-0.3, -0.25) is 0 Å². The minimum absolute atomic E-state index is 0.0891. The van der Waals surface area contributed by atoms with E-state index in [-0.39, 0.29) is 11.5 Å². The lowest BCUT2D eigenvalue weighted by Crippen LogP contribution is -2.42. The second kappa shape index (κ2) is 4.98. The Bertz CT molecular complexity index is 476. The summed E-state index contributed by atoms with van der Waals surface area (Å²) in [4.78, 5) is 0. The minimum atomic E-state index is -0.156. The van der Waals surface area contributed by atoms with E-state index in [9.17, 15) is 5.11 Å². The molecule has 2 fully saturated rings. The number of aliphatic hydroxyl groups excluding tert-OH is 1. The van der Waals surface area contributed by atoms with E-state index in [1.807, 2.05) is 0 Å². The van der Waals surface area contributed by atoms with Crippen molar-refractivity contribution in [2.45, 2.75) is 72.3 Å². The molecule has 3 aliphatic rings. The van der Waals surface area contributed by atoms with Crippen molar-refractivity contribution in [1.82, 2.24) is 0 Å². The molecule has 0 aliphatic heterocycles. The van der Waals surface area contributed by atoms with E-state index in [1.165, 1.54) is 43.3 Å². The van der Waals surface area contributed by atoms with Crippen molar-refractivity contribution in [3.05, 3.63) is 23.8 Å². The van der Waals surface area contributed by atoms with Crippen molar-refractivity contribution in [3.8, 4) is 0 Å². The van der Waals surface area contributed by atoms with Crippen LogP contribution in [0.4, 0.5) is 0 Å². The van der Waals surface area contributed by atoms with E-state index in [1.54, 1.807) is 0 Å². The Balaban J connectivity index is 1.96. The highest BCUT2D eigenvalue weighted by molar-refractivity contribution is 5.20. The Hall–Kier alpha value is -0.560. The summed E-state index contributed by atoms with van der Waals surface area (Å²) in [5, 5.41) is 10.7. The Morgan fingerprint density at radius 1 is 1.29 bits per heavy atom. The molecule has 0 amide bonds. The monoisotopic (exact) mass is 288 g/mol. The van der Waals surface area contributed by atoms with Gasteiger partial charge in [0.05, 0.1) is 6.10 Å². The molecule has 0 aromatic carbocycles. The van der Waals surface area contributed by atoms with Crippen LogP contribution in [0, 0.1) is 28.6 Å². The Morgan fingerprint density at radius 2 is 2.00 bits per heavy atom. The molecule has 3 rings (SSSR count). The van der Waals surface area contributed by atoms with Gasteiger partial charge in [-0.15, -0.1) is 0 Å². The maximum Gasteiger partial charge on any atom is 0.0633 e. The summed E-state index contributed by atoms with van der Waals surface area (Å²) >= 11 is 0. The summed E-state index contributed by atoms with van der Waals surface area (Å²) in [6.45, 7) is 13.6. The molecular formula is C20H32O. The molecule has 1 heteroatoms. The van der Waals surface area contributed by atoms with Gasteiger partial charge in [0.2, 0.25) is 0 Å². The third kappa shape index (κ3) is 2.23. The van der Waals surface area contributed by atoms with Gasteiger partial charge < -0.3 is 5.11 Å². The fourth-order valence-corrected chi connectivity index (χ4v) is 5.88. The third-order valence-corrected chi connectivity index (χ3v) is 7.47. The van der Waals surface area contributed by atoms with Gasteiger partial charge in [0.15, 0.2) is 0 Å². The van der Waals surface area contributed by atoms with Gasteiger partial charge in [0.1, 0.15) is 0 Å². The number of hydrogen-bond acceptors (Lipinski definition) is 1. The average molecular weight is 288 g/mol. The summed E-state index contributed by atoms with van der Waals surface area (Å²) in [6, 6.07) is 0. The molecule has 0 aromatic rings. The maximum absolute atomic E-state index is 10.7. The van der Waals surface area contributed by atoms with E-state index >= 15 is 0 Å². The minimum Gasteiger partial charge on any atom is -0.392 e. The fraction of sp³-hybridized carbons (Fsp3) is 0.800. The number of fused-ring (bicyclic) bond motifs is 2. The van der Waals surface area contributed by atoms with Gasteiger partial charge in [-0.25, -0.2) is 0 Å². The molecule has 1 nitrogen and oxygen atoms in total. The van der Waals surface area contributed by atoms with E-state index < -0.39 is 0 Å². The number of rotatable bonds is 1. The lowest BCUT2D eigenvalue weighted by atomic mass is 9.61.